The predicted octanol–water partition coefficient (Wildman–Crippen LogP) is 1.76. The molecule has 0 aromatic rings. The largest absolute Gasteiger partial charge is 0.469 e. The van der Waals surface area contributed by atoms with Gasteiger partial charge >= 0.3 is 12.1 Å². The summed E-state index contributed by atoms with van der Waals surface area (Å²) in [6.45, 7) is 1.23. The van der Waals surface area contributed by atoms with Crippen LogP contribution in [0.15, 0.2) is 0 Å². The highest BCUT2D eigenvalue weighted by molar-refractivity contribution is 5.75. The third-order valence-corrected chi connectivity index (χ3v) is 1.47. The third kappa shape index (κ3) is 5.06. The predicted molar refractivity (Wildman–Crippen MR) is 42.7 cm³/mol. The second-order valence-corrected chi connectivity index (χ2v) is 3.48. The maximum Gasteiger partial charge on any atom is 0.411 e. The highest BCUT2D eigenvalue weighted by atomic mass is 19.4. The molecule has 0 aromatic heterocycles. The lowest BCUT2D eigenvalue weighted by atomic mass is 9.95. The fraction of sp³-hybridized carbons (Fsp3) is 0.875. The zero-order valence-corrected chi connectivity index (χ0v) is 8.27. The normalized spacial score (nSPS) is 12.7. The van der Waals surface area contributed by atoms with Crippen LogP contribution in [-0.4, -0.2) is 32.5 Å². The smallest absolute Gasteiger partial charge is 0.411 e. The molecule has 0 N–H and O–H groups in total. The van der Waals surface area contributed by atoms with E-state index < -0.39 is 24.2 Å². The van der Waals surface area contributed by atoms with Crippen molar-refractivity contribution in [2.24, 2.45) is 5.41 Å². The van der Waals surface area contributed by atoms with Gasteiger partial charge in [0.1, 0.15) is 6.61 Å². The van der Waals surface area contributed by atoms with Gasteiger partial charge < -0.3 is 9.47 Å². The Hall–Kier alpha value is -0.780. The second-order valence-electron chi connectivity index (χ2n) is 3.48. The average Bonchev–Trinajstić information content (AvgIpc) is 2.00. The van der Waals surface area contributed by atoms with Crippen molar-refractivity contribution >= 4 is 5.97 Å². The molecule has 0 atom stereocenters. The fourth-order valence-corrected chi connectivity index (χ4v) is 0.757. The minimum absolute atomic E-state index is 0.320. The molecule has 0 aliphatic rings. The van der Waals surface area contributed by atoms with Crippen LogP contribution in [0.2, 0.25) is 0 Å². The Morgan fingerprint density at radius 3 is 2.07 bits per heavy atom. The molecule has 0 fully saturated rings. The van der Waals surface area contributed by atoms with E-state index in [0.717, 1.165) is 0 Å². The second kappa shape index (κ2) is 4.63. The summed E-state index contributed by atoms with van der Waals surface area (Å²) < 4.78 is 43.8. The van der Waals surface area contributed by atoms with Crippen LogP contribution < -0.4 is 0 Å². The fourth-order valence-electron chi connectivity index (χ4n) is 0.757. The van der Waals surface area contributed by atoms with Gasteiger partial charge in [-0.15, -0.1) is 0 Å². The monoisotopic (exact) mass is 214 g/mol. The molecule has 0 aliphatic heterocycles. The van der Waals surface area contributed by atoms with E-state index in [2.05, 4.69) is 9.47 Å². The number of carbonyl (C=O) groups excluding carboxylic acids is 1. The van der Waals surface area contributed by atoms with Gasteiger partial charge in [0.05, 0.1) is 19.1 Å². The Morgan fingerprint density at radius 2 is 1.71 bits per heavy atom. The van der Waals surface area contributed by atoms with Gasteiger partial charge in [0, 0.05) is 0 Å². The lowest BCUT2D eigenvalue weighted by molar-refractivity contribution is -0.185. The Kier molecular flexibility index (Phi) is 4.38. The molecule has 0 rings (SSSR count). The van der Waals surface area contributed by atoms with Crippen molar-refractivity contribution in [3.05, 3.63) is 0 Å². The zero-order chi connectivity index (χ0) is 11.4. The van der Waals surface area contributed by atoms with Crippen LogP contribution >= 0.6 is 0 Å². The van der Waals surface area contributed by atoms with E-state index in [1.807, 2.05) is 0 Å². The number of esters is 1. The number of halogens is 3. The Bertz CT molecular complexity index is 198. The summed E-state index contributed by atoms with van der Waals surface area (Å²) in [7, 11) is 1.17. The first-order valence-electron chi connectivity index (χ1n) is 3.92. The summed E-state index contributed by atoms with van der Waals surface area (Å²) in [5.41, 5.74) is -1.06. The molecule has 0 spiro atoms. The topological polar surface area (TPSA) is 35.5 Å². The minimum Gasteiger partial charge on any atom is -0.469 e. The van der Waals surface area contributed by atoms with Gasteiger partial charge in [0.15, 0.2) is 0 Å². The lowest BCUT2D eigenvalue weighted by Crippen LogP contribution is -2.32. The number of rotatable bonds is 4. The van der Waals surface area contributed by atoms with E-state index in [1.165, 1.54) is 21.0 Å². The first-order chi connectivity index (χ1) is 6.19. The van der Waals surface area contributed by atoms with Crippen molar-refractivity contribution in [2.45, 2.75) is 20.0 Å². The van der Waals surface area contributed by atoms with E-state index in [1.54, 1.807) is 0 Å². The molecular formula is C8H13F3O3. The number of hydrogen-bond acceptors (Lipinski definition) is 3. The zero-order valence-electron chi connectivity index (χ0n) is 8.27. The van der Waals surface area contributed by atoms with Crippen molar-refractivity contribution in [2.75, 3.05) is 20.3 Å². The van der Waals surface area contributed by atoms with Gasteiger partial charge in [-0.05, 0) is 13.8 Å². The van der Waals surface area contributed by atoms with Crippen LogP contribution in [0.25, 0.3) is 0 Å². The quantitative estimate of drug-likeness (QED) is 0.669. The number of carbonyl (C=O) groups is 1. The molecule has 0 bridgehead atoms. The molecule has 0 amide bonds. The SMILES string of the molecule is COC(=O)C(C)(C)COCC(F)(F)F. The molecule has 0 unspecified atom stereocenters. The highest BCUT2D eigenvalue weighted by Gasteiger charge is 2.33. The molecule has 0 aromatic carbocycles. The first-order valence-corrected chi connectivity index (χ1v) is 3.92. The molecule has 0 saturated heterocycles. The molecule has 84 valence electrons. The van der Waals surface area contributed by atoms with Gasteiger partial charge in [-0.3, -0.25) is 4.79 Å². The maximum absolute atomic E-state index is 11.7. The first kappa shape index (κ1) is 13.2. The molecule has 0 aliphatic carbocycles. The summed E-state index contributed by atoms with van der Waals surface area (Å²) >= 11 is 0. The number of hydrogen-bond donors (Lipinski definition) is 0. The van der Waals surface area contributed by atoms with Gasteiger partial charge in [0.25, 0.3) is 0 Å². The highest BCUT2D eigenvalue weighted by Crippen LogP contribution is 2.20. The Balaban J connectivity index is 3.94. The number of alkyl halides is 3. The standard InChI is InChI=1S/C8H13F3O3/c1-7(2,6(12)13-3)4-14-5-8(9,10)11/h4-5H2,1-3H3. The Morgan fingerprint density at radius 1 is 1.21 bits per heavy atom. The van der Waals surface area contributed by atoms with Crippen molar-refractivity contribution in [1.29, 1.82) is 0 Å². The van der Waals surface area contributed by atoms with Crippen LogP contribution in [0.3, 0.4) is 0 Å². The molecule has 0 radical (unpaired) electrons. The molecule has 0 heterocycles. The van der Waals surface area contributed by atoms with Gasteiger partial charge in [-0.1, -0.05) is 0 Å². The van der Waals surface area contributed by atoms with Crippen LogP contribution in [0.1, 0.15) is 13.8 Å². The summed E-state index contributed by atoms with van der Waals surface area (Å²) in [5, 5.41) is 0. The van der Waals surface area contributed by atoms with Gasteiger partial charge in [-0.25, -0.2) is 0 Å². The summed E-state index contributed by atoms with van der Waals surface area (Å²) in [5.74, 6) is -0.598. The molecular weight excluding hydrogens is 201 g/mol. The summed E-state index contributed by atoms with van der Waals surface area (Å²) in [4.78, 5) is 11.0. The van der Waals surface area contributed by atoms with Crippen molar-refractivity contribution in [1.82, 2.24) is 0 Å². The van der Waals surface area contributed by atoms with Crippen LogP contribution in [0.4, 0.5) is 13.2 Å². The van der Waals surface area contributed by atoms with Crippen molar-refractivity contribution in [3.8, 4) is 0 Å². The lowest BCUT2D eigenvalue weighted by Gasteiger charge is -2.21. The molecule has 0 saturated carbocycles. The van der Waals surface area contributed by atoms with Crippen molar-refractivity contribution in [3.63, 3.8) is 0 Å². The van der Waals surface area contributed by atoms with Crippen LogP contribution in [-0.2, 0) is 14.3 Å². The van der Waals surface area contributed by atoms with Gasteiger partial charge in [0.2, 0.25) is 0 Å². The van der Waals surface area contributed by atoms with E-state index in [0.29, 0.717) is 0 Å². The van der Waals surface area contributed by atoms with Crippen LogP contribution in [0, 0.1) is 5.41 Å². The summed E-state index contributed by atoms with van der Waals surface area (Å²) in [6.07, 6.45) is -4.37. The molecule has 14 heavy (non-hydrogen) atoms. The number of methoxy groups -OCH3 is 1. The molecule has 3 nitrogen and oxygen atoms in total. The van der Waals surface area contributed by atoms with E-state index >= 15 is 0 Å². The Labute approximate surface area is 80.2 Å². The maximum atomic E-state index is 11.7. The average molecular weight is 214 g/mol. The minimum atomic E-state index is -4.37. The van der Waals surface area contributed by atoms with Crippen molar-refractivity contribution < 1.29 is 27.4 Å². The number of ether oxygens (including phenoxy) is 2. The van der Waals surface area contributed by atoms with Crippen LogP contribution in [0.5, 0.6) is 0 Å². The van der Waals surface area contributed by atoms with Gasteiger partial charge in [-0.2, -0.15) is 13.2 Å². The van der Waals surface area contributed by atoms with E-state index in [9.17, 15) is 18.0 Å². The summed E-state index contributed by atoms with van der Waals surface area (Å²) in [6, 6.07) is 0. The van der Waals surface area contributed by atoms with E-state index in [-0.39, 0.29) is 6.61 Å². The molecule has 6 heteroatoms. The third-order valence-electron chi connectivity index (χ3n) is 1.47. The van der Waals surface area contributed by atoms with E-state index in [4.69, 9.17) is 0 Å².